The summed E-state index contributed by atoms with van der Waals surface area (Å²) < 4.78 is 5.58. The highest BCUT2D eigenvalue weighted by Gasteiger charge is 2.26. The molecule has 0 bridgehead atoms. The molecular formula is C13H28N2O. The van der Waals surface area contributed by atoms with Gasteiger partial charge in [0.1, 0.15) is 0 Å². The highest BCUT2D eigenvalue weighted by Crippen LogP contribution is 2.28. The van der Waals surface area contributed by atoms with Gasteiger partial charge in [-0.15, -0.1) is 0 Å². The lowest BCUT2D eigenvalue weighted by atomic mass is 9.84. The number of likely N-dealkylation sites (tertiary alicyclic amines) is 1. The molecule has 1 aliphatic rings. The fraction of sp³-hybridized carbons (Fsp3) is 1.00. The number of ether oxygens (including phenoxy) is 1. The van der Waals surface area contributed by atoms with Crippen LogP contribution >= 0.6 is 0 Å². The Kier molecular flexibility index (Phi) is 5.73. The molecular weight excluding hydrogens is 200 g/mol. The summed E-state index contributed by atoms with van der Waals surface area (Å²) in [6.07, 6.45) is 4.00. The van der Waals surface area contributed by atoms with E-state index in [-0.39, 0.29) is 6.10 Å². The Bertz CT molecular complexity index is 194. The van der Waals surface area contributed by atoms with Crippen molar-refractivity contribution in [3.63, 3.8) is 0 Å². The molecule has 0 aromatic carbocycles. The zero-order valence-corrected chi connectivity index (χ0v) is 11.2. The van der Waals surface area contributed by atoms with E-state index in [1.807, 2.05) is 6.92 Å². The van der Waals surface area contributed by atoms with Gasteiger partial charge in [0.25, 0.3) is 0 Å². The van der Waals surface area contributed by atoms with Crippen LogP contribution in [0.4, 0.5) is 0 Å². The number of nitrogens with zero attached hydrogens (tertiary/aromatic N) is 1. The van der Waals surface area contributed by atoms with Gasteiger partial charge in [-0.3, -0.25) is 0 Å². The lowest BCUT2D eigenvalue weighted by molar-refractivity contribution is 0.0431. The monoisotopic (exact) mass is 228 g/mol. The highest BCUT2D eigenvalue weighted by molar-refractivity contribution is 4.80. The molecule has 1 rings (SSSR count). The topological polar surface area (TPSA) is 38.5 Å². The summed E-state index contributed by atoms with van der Waals surface area (Å²) in [5.41, 5.74) is 6.17. The predicted octanol–water partition coefficient (Wildman–Crippen LogP) is 1.86. The van der Waals surface area contributed by atoms with E-state index in [2.05, 4.69) is 18.7 Å². The van der Waals surface area contributed by atoms with Crippen molar-refractivity contribution in [2.45, 2.75) is 46.1 Å². The standard InChI is InChI=1S/C13H28N2O/c1-4-16-12(10-14)6-9-15-8-5-7-13(2,3)11-15/h12H,4-11,14H2,1-3H3. The van der Waals surface area contributed by atoms with Crippen LogP contribution in [0.1, 0.15) is 40.0 Å². The van der Waals surface area contributed by atoms with Crippen LogP contribution in [-0.2, 0) is 4.74 Å². The first-order valence-electron chi connectivity index (χ1n) is 6.61. The van der Waals surface area contributed by atoms with Gasteiger partial charge in [-0.05, 0) is 38.1 Å². The van der Waals surface area contributed by atoms with Crippen molar-refractivity contribution < 1.29 is 4.74 Å². The minimum Gasteiger partial charge on any atom is -0.377 e. The molecule has 0 aromatic rings. The molecule has 0 aromatic heterocycles. The second kappa shape index (κ2) is 6.58. The average molecular weight is 228 g/mol. The van der Waals surface area contributed by atoms with Crippen LogP contribution in [-0.4, -0.2) is 43.8 Å². The van der Waals surface area contributed by atoms with E-state index < -0.39 is 0 Å². The summed E-state index contributed by atoms with van der Waals surface area (Å²) in [6, 6.07) is 0. The van der Waals surface area contributed by atoms with Gasteiger partial charge in [-0.25, -0.2) is 0 Å². The fourth-order valence-electron chi connectivity index (χ4n) is 2.57. The Balaban J connectivity index is 2.26. The molecule has 3 nitrogen and oxygen atoms in total. The molecule has 2 N–H and O–H groups in total. The number of hydrogen-bond acceptors (Lipinski definition) is 3. The first-order chi connectivity index (χ1) is 7.57. The molecule has 1 fully saturated rings. The third-order valence-corrected chi connectivity index (χ3v) is 3.41. The summed E-state index contributed by atoms with van der Waals surface area (Å²) in [7, 11) is 0. The van der Waals surface area contributed by atoms with Gasteiger partial charge in [0.15, 0.2) is 0 Å². The molecule has 1 atom stereocenters. The molecule has 0 aliphatic carbocycles. The average Bonchev–Trinajstić information content (AvgIpc) is 2.23. The van der Waals surface area contributed by atoms with E-state index in [0.29, 0.717) is 12.0 Å². The molecule has 0 saturated carbocycles. The summed E-state index contributed by atoms with van der Waals surface area (Å²) in [5.74, 6) is 0. The minimum atomic E-state index is 0.245. The van der Waals surface area contributed by atoms with Gasteiger partial charge < -0.3 is 15.4 Å². The third-order valence-electron chi connectivity index (χ3n) is 3.41. The van der Waals surface area contributed by atoms with Crippen LogP contribution in [0.25, 0.3) is 0 Å². The van der Waals surface area contributed by atoms with Crippen molar-refractivity contribution in [3.8, 4) is 0 Å². The molecule has 0 spiro atoms. The third kappa shape index (κ3) is 4.81. The maximum Gasteiger partial charge on any atom is 0.0709 e. The lowest BCUT2D eigenvalue weighted by Gasteiger charge is -2.38. The van der Waals surface area contributed by atoms with Crippen LogP contribution in [0.15, 0.2) is 0 Å². The van der Waals surface area contributed by atoms with Gasteiger partial charge in [0.2, 0.25) is 0 Å². The van der Waals surface area contributed by atoms with E-state index in [1.54, 1.807) is 0 Å². The van der Waals surface area contributed by atoms with Gasteiger partial charge in [-0.1, -0.05) is 13.8 Å². The number of piperidine rings is 1. The van der Waals surface area contributed by atoms with E-state index in [1.165, 1.54) is 25.9 Å². The van der Waals surface area contributed by atoms with Gasteiger partial charge in [0.05, 0.1) is 6.10 Å². The normalized spacial score (nSPS) is 23.2. The number of hydrogen-bond donors (Lipinski definition) is 1. The van der Waals surface area contributed by atoms with Gasteiger partial charge in [-0.2, -0.15) is 0 Å². The molecule has 16 heavy (non-hydrogen) atoms. The molecule has 0 amide bonds. The SMILES string of the molecule is CCOC(CN)CCN1CCCC(C)(C)C1. The minimum absolute atomic E-state index is 0.245. The Morgan fingerprint density at radius 3 is 2.75 bits per heavy atom. The zero-order valence-electron chi connectivity index (χ0n) is 11.2. The van der Waals surface area contributed by atoms with Gasteiger partial charge >= 0.3 is 0 Å². The van der Waals surface area contributed by atoms with Crippen molar-refractivity contribution in [1.82, 2.24) is 4.90 Å². The molecule has 96 valence electrons. The van der Waals surface area contributed by atoms with Gasteiger partial charge in [0, 0.05) is 26.2 Å². The van der Waals surface area contributed by atoms with Crippen LogP contribution in [0.2, 0.25) is 0 Å². The predicted molar refractivity (Wildman–Crippen MR) is 68.5 cm³/mol. The first-order valence-corrected chi connectivity index (χ1v) is 6.61. The molecule has 1 unspecified atom stereocenters. The quantitative estimate of drug-likeness (QED) is 0.754. The van der Waals surface area contributed by atoms with E-state index in [9.17, 15) is 0 Å². The van der Waals surface area contributed by atoms with E-state index in [0.717, 1.165) is 19.6 Å². The zero-order chi connectivity index (χ0) is 12.0. The Morgan fingerprint density at radius 2 is 2.19 bits per heavy atom. The Labute approximate surface area is 100 Å². The van der Waals surface area contributed by atoms with Crippen LogP contribution in [0.5, 0.6) is 0 Å². The second-order valence-electron chi connectivity index (χ2n) is 5.65. The molecule has 3 heteroatoms. The summed E-state index contributed by atoms with van der Waals surface area (Å²) in [4.78, 5) is 2.56. The number of nitrogens with two attached hydrogens (primary N) is 1. The van der Waals surface area contributed by atoms with Crippen molar-refractivity contribution in [1.29, 1.82) is 0 Å². The Hall–Kier alpha value is -0.120. The first kappa shape index (κ1) is 13.9. The van der Waals surface area contributed by atoms with Crippen molar-refractivity contribution in [3.05, 3.63) is 0 Å². The smallest absolute Gasteiger partial charge is 0.0709 e. The summed E-state index contributed by atoms with van der Waals surface area (Å²) in [5, 5.41) is 0. The fourth-order valence-corrected chi connectivity index (χ4v) is 2.57. The van der Waals surface area contributed by atoms with E-state index >= 15 is 0 Å². The molecule has 0 radical (unpaired) electrons. The summed E-state index contributed by atoms with van der Waals surface area (Å²) >= 11 is 0. The highest BCUT2D eigenvalue weighted by atomic mass is 16.5. The Morgan fingerprint density at radius 1 is 1.44 bits per heavy atom. The molecule has 1 saturated heterocycles. The largest absolute Gasteiger partial charge is 0.377 e. The van der Waals surface area contributed by atoms with Crippen LogP contribution < -0.4 is 5.73 Å². The van der Waals surface area contributed by atoms with Crippen LogP contribution in [0, 0.1) is 5.41 Å². The number of rotatable bonds is 6. The maximum absolute atomic E-state index is 5.68. The van der Waals surface area contributed by atoms with Crippen molar-refractivity contribution in [2.24, 2.45) is 11.1 Å². The van der Waals surface area contributed by atoms with Crippen LogP contribution in [0.3, 0.4) is 0 Å². The second-order valence-corrected chi connectivity index (χ2v) is 5.65. The lowest BCUT2D eigenvalue weighted by Crippen LogP contribution is -2.42. The summed E-state index contributed by atoms with van der Waals surface area (Å²) in [6.45, 7) is 11.8. The maximum atomic E-state index is 5.68. The molecule has 1 aliphatic heterocycles. The molecule has 1 heterocycles. The van der Waals surface area contributed by atoms with Crippen molar-refractivity contribution in [2.75, 3.05) is 32.8 Å². The van der Waals surface area contributed by atoms with Crippen molar-refractivity contribution >= 4 is 0 Å². The van der Waals surface area contributed by atoms with E-state index in [4.69, 9.17) is 10.5 Å².